The Balaban J connectivity index is 1.76. The number of aromatic nitrogens is 1. The highest BCUT2D eigenvalue weighted by atomic mass is 32.2. The van der Waals surface area contributed by atoms with E-state index < -0.39 is 0 Å². The summed E-state index contributed by atoms with van der Waals surface area (Å²) in [4.78, 5) is 7.08. The number of fused-ring (bicyclic) bond motifs is 1. The minimum absolute atomic E-state index is 0.446. The van der Waals surface area contributed by atoms with E-state index in [1.165, 1.54) is 27.5 Å². The van der Waals surface area contributed by atoms with Crippen molar-refractivity contribution in [3.63, 3.8) is 0 Å². The standard InChI is InChI=1S/C14H18N2OS2/c1-9(2)15-7-14-16-6-11(17-14)13-5-10-8-18-4-3-12(10)19-13/h5-6,9,15H,3-4,7-8H2,1-2H3. The van der Waals surface area contributed by atoms with Crippen LogP contribution in [0.3, 0.4) is 0 Å². The minimum atomic E-state index is 0.446. The summed E-state index contributed by atoms with van der Waals surface area (Å²) in [5.74, 6) is 4.06. The van der Waals surface area contributed by atoms with Crippen molar-refractivity contribution in [3.05, 3.63) is 28.6 Å². The first-order valence-electron chi connectivity index (χ1n) is 6.60. The first-order chi connectivity index (χ1) is 9.22. The Kier molecular flexibility index (Phi) is 3.96. The fourth-order valence-corrected chi connectivity index (χ4v) is 4.38. The van der Waals surface area contributed by atoms with Gasteiger partial charge in [-0.05, 0) is 23.8 Å². The SMILES string of the molecule is CC(C)NCc1ncc(-c2cc3c(s2)CCSC3)o1. The van der Waals surface area contributed by atoms with Gasteiger partial charge in [0.15, 0.2) is 5.76 Å². The van der Waals surface area contributed by atoms with Crippen LogP contribution in [0.5, 0.6) is 0 Å². The van der Waals surface area contributed by atoms with Crippen LogP contribution in [0.1, 0.15) is 30.2 Å². The molecule has 0 unspecified atom stereocenters. The maximum Gasteiger partial charge on any atom is 0.208 e. The molecular weight excluding hydrogens is 276 g/mol. The number of nitrogens with one attached hydrogen (secondary N) is 1. The lowest BCUT2D eigenvalue weighted by molar-refractivity contribution is 0.459. The fourth-order valence-electron chi connectivity index (χ4n) is 2.07. The highest BCUT2D eigenvalue weighted by Crippen LogP contribution is 2.37. The number of nitrogens with zero attached hydrogens (tertiary/aromatic N) is 1. The molecule has 2 aromatic rings. The summed E-state index contributed by atoms with van der Waals surface area (Å²) >= 11 is 3.87. The molecule has 19 heavy (non-hydrogen) atoms. The molecule has 5 heteroatoms. The molecule has 1 aliphatic rings. The third-order valence-electron chi connectivity index (χ3n) is 3.09. The Morgan fingerprint density at radius 3 is 3.16 bits per heavy atom. The van der Waals surface area contributed by atoms with Gasteiger partial charge in [0, 0.05) is 16.7 Å². The van der Waals surface area contributed by atoms with Crippen LogP contribution in [0, 0.1) is 0 Å². The molecule has 0 saturated carbocycles. The number of thioether (sulfide) groups is 1. The van der Waals surface area contributed by atoms with E-state index in [0.29, 0.717) is 12.6 Å². The molecular formula is C14H18N2OS2. The predicted molar refractivity (Wildman–Crippen MR) is 81.7 cm³/mol. The van der Waals surface area contributed by atoms with Crippen LogP contribution in [-0.4, -0.2) is 16.8 Å². The number of thiophene rings is 1. The van der Waals surface area contributed by atoms with E-state index in [4.69, 9.17) is 4.42 Å². The van der Waals surface area contributed by atoms with Gasteiger partial charge in [0.05, 0.1) is 17.6 Å². The lowest BCUT2D eigenvalue weighted by atomic mass is 10.2. The van der Waals surface area contributed by atoms with Gasteiger partial charge in [-0.1, -0.05) is 13.8 Å². The average molecular weight is 294 g/mol. The number of hydrogen-bond acceptors (Lipinski definition) is 5. The van der Waals surface area contributed by atoms with E-state index in [-0.39, 0.29) is 0 Å². The molecule has 102 valence electrons. The Morgan fingerprint density at radius 1 is 1.47 bits per heavy atom. The van der Waals surface area contributed by atoms with Gasteiger partial charge in [-0.25, -0.2) is 4.98 Å². The molecule has 0 radical (unpaired) electrons. The van der Waals surface area contributed by atoms with Gasteiger partial charge in [-0.3, -0.25) is 0 Å². The van der Waals surface area contributed by atoms with Crippen molar-refractivity contribution in [1.29, 1.82) is 0 Å². The lowest BCUT2D eigenvalue weighted by Crippen LogP contribution is -2.21. The van der Waals surface area contributed by atoms with Crippen molar-refractivity contribution in [2.75, 3.05) is 5.75 Å². The zero-order valence-corrected chi connectivity index (χ0v) is 12.9. The maximum atomic E-state index is 5.83. The third kappa shape index (κ3) is 3.04. The Labute approximate surface area is 121 Å². The van der Waals surface area contributed by atoms with Crippen molar-refractivity contribution in [2.45, 2.75) is 38.6 Å². The van der Waals surface area contributed by atoms with Crippen LogP contribution < -0.4 is 5.32 Å². The summed E-state index contributed by atoms with van der Waals surface area (Å²) in [6.07, 6.45) is 3.04. The molecule has 3 heterocycles. The van der Waals surface area contributed by atoms with E-state index in [1.807, 2.05) is 29.3 Å². The summed E-state index contributed by atoms with van der Waals surface area (Å²) in [5, 5.41) is 3.32. The summed E-state index contributed by atoms with van der Waals surface area (Å²) in [5.41, 5.74) is 1.48. The predicted octanol–water partition coefficient (Wildman–Crippen LogP) is 3.69. The molecule has 3 nitrogen and oxygen atoms in total. The van der Waals surface area contributed by atoms with Gasteiger partial charge in [-0.2, -0.15) is 11.8 Å². The molecule has 3 rings (SSSR count). The van der Waals surface area contributed by atoms with Gasteiger partial charge in [-0.15, -0.1) is 11.3 Å². The van der Waals surface area contributed by atoms with Crippen LogP contribution >= 0.6 is 23.1 Å². The second kappa shape index (κ2) is 5.69. The smallest absolute Gasteiger partial charge is 0.208 e. The van der Waals surface area contributed by atoms with E-state index >= 15 is 0 Å². The normalized spacial score (nSPS) is 14.9. The van der Waals surface area contributed by atoms with E-state index in [9.17, 15) is 0 Å². The van der Waals surface area contributed by atoms with Gasteiger partial charge in [0.1, 0.15) is 0 Å². The quantitative estimate of drug-likeness (QED) is 0.933. The molecule has 1 aliphatic heterocycles. The average Bonchev–Trinajstić information content (AvgIpc) is 3.02. The minimum Gasteiger partial charge on any atom is -0.438 e. The Hall–Kier alpha value is -0.780. The van der Waals surface area contributed by atoms with Crippen molar-refractivity contribution < 1.29 is 4.42 Å². The first kappa shape index (κ1) is 13.2. The highest BCUT2D eigenvalue weighted by Gasteiger charge is 2.16. The fraction of sp³-hybridized carbons (Fsp3) is 0.500. The molecule has 0 atom stereocenters. The molecule has 1 N–H and O–H groups in total. The molecule has 0 aliphatic carbocycles. The van der Waals surface area contributed by atoms with Crippen molar-refractivity contribution in [1.82, 2.24) is 10.3 Å². The summed E-state index contributed by atoms with van der Waals surface area (Å²) in [6.45, 7) is 4.93. The van der Waals surface area contributed by atoms with E-state index in [1.54, 1.807) is 0 Å². The second-order valence-electron chi connectivity index (χ2n) is 5.02. The summed E-state index contributed by atoms with van der Waals surface area (Å²) in [6, 6.07) is 2.72. The largest absolute Gasteiger partial charge is 0.438 e. The van der Waals surface area contributed by atoms with Gasteiger partial charge >= 0.3 is 0 Å². The number of aryl methyl sites for hydroxylation is 1. The molecule has 0 saturated heterocycles. The highest BCUT2D eigenvalue weighted by molar-refractivity contribution is 7.98. The molecule has 0 fully saturated rings. The van der Waals surface area contributed by atoms with E-state index in [0.717, 1.165) is 17.4 Å². The topological polar surface area (TPSA) is 38.1 Å². The van der Waals surface area contributed by atoms with Crippen LogP contribution in [-0.2, 0) is 18.7 Å². The van der Waals surface area contributed by atoms with Gasteiger partial charge in [0.25, 0.3) is 0 Å². The Morgan fingerprint density at radius 2 is 2.37 bits per heavy atom. The molecule has 0 aromatic carbocycles. The zero-order chi connectivity index (χ0) is 13.2. The number of rotatable bonds is 4. The van der Waals surface area contributed by atoms with E-state index in [2.05, 4.69) is 30.2 Å². The summed E-state index contributed by atoms with van der Waals surface area (Å²) < 4.78 is 5.83. The monoisotopic (exact) mass is 294 g/mol. The second-order valence-corrected chi connectivity index (χ2v) is 7.26. The van der Waals surface area contributed by atoms with Crippen LogP contribution in [0.4, 0.5) is 0 Å². The van der Waals surface area contributed by atoms with Crippen LogP contribution in [0.15, 0.2) is 16.7 Å². The lowest BCUT2D eigenvalue weighted by Gasteiger charge is -2.08. The Bertz CT molecular complexity index is 536. The molecule has 2 aromatic heterocycles. The molecule has 0 bridgehead atoms. The third-order valence-corrected chi connectivity index (χ3v) is 5.35. The van der Waals surface area contributed by atoms with Crippen LogP contribution in [0.25, 0.3) is 10.6 Å². The first-order valence-corrected chi connectivity index (χ1v) is 8.57. The van der Waals surface area contributed by atoms with Crippen molar-refractivity contribution >= 4 is 23.1 Å². The maximum absolute atomic E-state index is 5.83. The van der Waals surface area contributed by atoms with Crippen molar-refractivity contribution in [3.8, 4) is 10.6 Å². The van der Waals surface area contributed by atoms with Crippen LogP contribution in [0.2, 0.25) is 0 Å². The zero-order valence-electron chi connectivity index (χ0n) is 11.2. The van der Waals surface area contributed by atoms with Gasteiger partial charge in [0.2, 0.25) is 5.89 Å². The van der Waals surface area contributed by atoms with Gasteiger partial charge < -0.3 is 9.73 Å². The molecule has 0 amide bonds. The number of hydrogen-bond donors (Lipinski definition) is 1. The van der Waals surface area contributed by atoms with Crippen molar-refractivity contribution in [2.24, 2.45) is 0 Å². The number of oxazole rings is 1. The summed E-state index contributed by atoms with van der Waals surface area (Å²) in [7, 11) is 0. The molecule has 0 spiro atoms.